The summed E-state index contributed by atoms with van der Waals surface area (Å²) in [4.78, 5) is 24.8. The number of carbonyl (C=O) groups excluding carboxylic acids is 1. The van der Waals surface area contributed by atoms with Crippen molar-refractivity contribution in [3.8, 4) is 0 Å². The molecule has 0 aliphatic carbocycles. The van der Waals surface area contributed by atoms with Crippen LogP contribution in [0.4, 0.5) is 10.5 Å². The van der Waals surface area contributed by atoms with Gasteiger partial charge in [0.15, 0.2) is 0 Å². The van der Waals surface area contributed by atoms with Gasteiger partial charge in [-0.2, -0.15) is 0 Å². The van der Waals surface area contributed by atoms with Gasteiger partial charge in [-0.25, -0.2) is 4.79 Å². The molecule has 1 fully saturated rings. The Labute approximate surface area is 136 Å². The summed E-state index contributed by atoms with van der Waals surface area (Å²) in [5.74, 6) is -1.45. The fourth-order valence-electron chi connectivity index (χ4n) is 2.36. The molecule has 0 radical (unpaired) electrons. The quantitative estimate of drug-likeness (QED) is 0.792. The van der Waals surface area contributed by atoms with Gasteiger partial charge in [-0.15, -0.1) is 0 Å². The summed E-state index contributed by atoms with van der Waals surface area (Å²) in [5.41, 5.74) is 0.335. The van der Waals surface area contributed by atoms with Crippen LogP contribution in [0.5, 0.6) is 0 Å². The molecule has 1 aromatic rings. The molecule has 1 heterocycles. The minimum atomic E-state index is -0.898. The van der Waals surface area contributed by atoms with Gasteiger partial charge < -0.3 is 15.3 Å². The van der Waals surface area contributed by atoms with Crippen LogP contribution in [0.2, 0.25) is 15.1 Å². The standard InChI is InChI=1S/C13H13Cl3N2O3/c1-6-7(12(19)20)2-3-18(6)13(21)17-11-5-9(15)8(14)4-10(11)16/h4-7H,2-3H2,1H3,(H,17,21)(H,19,20). The number of rotatable bonds is 2. The van der Waals surface area contributed by atoms with Crippen LogP contribution in [0, 0.1) is 5.92 Å². The van der Waals surface area contributed by atoms with E-state index in [1.807, 2.05) is 0 Å². The van der Waals surface area contributed by atoms with Crippen molar-refractivity contribution < 1.29 is 14.7 Å². The average Bonchev–Trinajstić information content (AvgIpc) is 2.78. The zero-order valence-electron chi connectivity index (χ0n) is 11.1. The van der Waals surface area contributed by atoms with E-state index in [-0.39, 0.29) is 16.1 Å². The van der Waals surface area contributed by atoms with E-state index < -0.39 is 17.9 Å². The lowest BCUT2D eigenvalue weighted by Gasteiger charge is -2.24. The molecular formula is C13H13Cl3N2O3. The summed E-state index contributed by atoms with van der Waals surface area (Å²) in [6, 6.07) is 2.10. The number of nitrogens with one attached hydrogen (secondary N) is 1. The summed E-state index contributed by atoms with van der Waals surface area (Å²) in [6.45, 7) is 2.09. The summed E-state index contributed by atoms with van der Waals surface area (Å²) in [5, 5.41) is 12.5. The van der Waals surface area contributed by atoms with E-state index in [0.29, 0.717) is 23.7 Å². The highest BCUT2D eigenvalue weighted by Gasteiger charge is 2.38. The first-order chi connectivity index (χ1) is 9.81. The van der Waals surface area contributed by atoms with Gasteiger partial charge in [-0.3, -0.25) is 4.79 Å². The molecule has 2 N–H and O–H groups in total. The van der Waals surface area contributed by atoms with Crippen LogP contribution in [0.25, 0.3) is 0 Å². The van der Waals surface area contributed by atoms with Gasteiger partial charge in [-0.1, -0.05) is 34.8 Å². The number of likely N-dealkylation sites (tertiary alicyclic amines) is 1. The number of nitrogens with zero attached hydrogens (tertiary/aromatic N) is 1. The largest absolute Gasteiger partial charge is 0.481 e. The smallest absolute Gasteiger partial charge is 0.322 e. The Balaban J connectivity index is 2.12. The zero-order valence-corrected chi connectivity index (χ0v) is 13.3. The van der Waals surface area contributed by atoms with Gasteiger partial charge in [0.05, 0.1) is 26.7 Å². The molecule has 2 amide bonds. The molecule has 21 heavy (non-hydrogen) atoms. The van der Waals surface area contributed by atoms with Gasteiger partial charge in [0.2, 0.25) is 0 Å². The second-order valence-corrected chi connectivity index (χ2v) is 6.07. The summed E-state index contributed by atoms with van der Waals surface area (Å²) < 4.78 is 0. The monoisotopic (exact) mass is 350 g/mol. The van der Waals surface area contributed by atoms with Crippen LogP contribution in [0.1, 0.15) is 13.3 Å². The molecule has 0 bridgehead atoms. The Morgan fingerprint density at radius 2 is 1.86 bits per heavy atom. The molecule has 8 heteroatoms. The Morgan fingerprint density at radius 3 is 2.43 bits per heavy atom. The molecule has 1 aromatic carbocycles. The minimum Gasteiger partial charge on any atom is -0.481 e. The van der Waals surface area contributed by atoms with Crippen molar-refractivity contribution in [3.05, 3.63) is 27.2 Å². The highest BCUT2D eigenvalue weighted by Crippen LogP contribution is 2.33. The Bertz CT molecular complexity index is 594. The number of benzene rings is 1. The summed E-state index contributed by atoms with van der Waals surface area (Å²) in [7, 11) is 0. The normalized spacial score (nSPS) is 21.4. The predicted molar refractivity (Wildman–Crippen MR) is 82.4 cm³/mol. The lowest BCUT2D eigenvalue weighted by Crippen LogP contribution is -2.40. The van der Waals surface area contributed by atoms with Crippen molar-refractivity contribution in [2.75, 3.05) is 11.9 Å². The number of aliphatic carboxylic acids is 1. The summed E-state index contributed by atoms with van der Waals surface area (Å²) >= 11 is 17.7. The first kappa shape index (κ1) is 16.2. The molecule has 0 aromatic heterocycles. The van der Waals surface area contributed by atoms with Crippen molar-refractivity contribution in [3.63, 3.8) is 0 Å². The lowest BCUT2D eigenvalue weighted by atomic mass is 10.0. The van der Waals surface area contributed by atoms with Crippen LogP contribution in [0.3, 0.4) is 0 Å². The Morgan fingerprint density at radius 1 is 1.24 bits per heavy atom. The van der Waals surface area contributed by atoms with Crippen molar-refractivity contribution in [2.24, 2.45) is 5.92 Å². The maximum absolute atomic E-state index is 12.2. The van der Waals surface area contributed by atoms with Crippen molar-refractivity contribution in [1.82, 2.24) is 4.90 Å². The highest BCUT2D eigenvalue weighted by molar-refractivity contribution is 6.44. The number of hydrogen-bond acceptors (Lipinski definition) is 2. The third kappa shape index (κ3) is 3.36. The van der Waals surface area contributed by atoms with Gasteiger partial charge in [0.25, 0.3) is 0 Å². The topological polar surface area (TPSA) is 69.6 Å². The molecule has 2 rings (SSSR count). The number of carbonyl (C=O) groups is 2. The zero-order chi connectivity index (χ0) is 15.7. The number of urea groups is 1. The number of hydrogen-bond donors (Lipinski definition) is 2. The SMILES string of the molecule is CC1C(C(=O)O)CCN1C(=O)Nc1cc(Cl)c(Cl)cc1Cl. The average molecular weight is 352 g/mol. The number of anilines is 1. The molecule has 114 valence electrons. The first-order valence-electron chi connectivity index (χ1n) is 6.26. The van der Waals surface area contributed by atoms with Crippen LogP contribution in [-0.2, 0) is 4.79 Å². The van der Waals surface area contributed by atoms with Crippen molar-refractivity contribution in [2.45, 2.75) is 19.4 Å². The molecule has 1 saturated heterocycles. The molecule has 5 nitrogen and oxygen atoms in total. The van der Waals surface area contributed by atoms with E-state index in [0.717, 1.165) is 0 Å². The van der Waals surface area contributed by atoms with E-state index in [1.165, 1.54) is 17.0 Å². The second-order valence-electron chi connectivity index (χ2n) is 4.84. The maximum Gasteiger partial charge on any atom is 0.322 e. The lowest BCUT2D eigenvalue weighted by molar-refractivity contribution is -0.142. The van der Waals surface area contributed by atoms with Crippen LogP contribution in [-0.4, -0.2) is 34.6 Å². The molecule has 1 aliphatic rings. The Kier molecular flexibility index (Phi) is 4.86. The number of carboxylic acid groups (broad SMARTS) is 1. The third-order valence-corrected chi connectivity index (χ3v) is 4.62. The van der Waals surface area contributed by atoms with Gasteiger partial charge >= 0.3 is 12.0 Å². The molecule has 2 unspecified atom stereocenters. The fourth-order valence-corrected chi connectivity index (χ4v) is 2.96. The Hall–Kier alpha value is -1.17. The van der Waals surface area contributed by atoms with Gasteiger partial charge in [0, 0.05) is 12.6 Å². The predicted octanol–water partition coefficient (Wildman–Crippen LogP) is 3.97. The number of amides is 2. The fraction of sp³-hybridized carbons (Fsp3) is 0.385. The minimum absolute atomic E-state index is 0.263. The van der Waals surface area contributed by atoms with E-state index >= 15 is 0 Å². The van der Waals surface area contributed by atoms with Crippen LogP contribution >= 0.6 is 34.8 Å². The van der Waals surface area contributed by atoms with Crippen molar-refractivity contribution >= 4 is 52.5 Å². The maximum atomic E-state index is 12.2. The molecule has 2 atom stereocenters. The second kappa shape index (κ2) is 6.30. The van der Waals surface area contributed by atoms with Gasteiger partial charge in [0.1, 0.15) is 0 Å². The highest BCUT2D eigenvalue weighted by atomic mass is 35.5. The van der Waals surface area contributed by atoms with Gasteiger partial charge in [-0.05, 0) is 25.5 Å². The third-order valence-electron chi connectivity index (χ3n) is 3.58. The molecule has 1 aliphatic heterocycles. The van der Waals surface area contributed by atoms with Crippen LogP contribution in [0.15, 0.2) is 12.1 Å². The number of halogens is 3. The van der Waals surface area contributed by atoms with Crippen LogP contribution < -0.4 is 5.32 Å². The van der Waals surface area contributed by atoms with E-state index in [1.54, 1.807) is 6.92 Å². The van der Waals surface area contributed by atoms with E-state index in [2.05, 4.69) is 5.32 Å². The van der Waals surface area contributed by atoms with Crippen molar-refractivity contribution in [1.29, 1.82) is 0 Å². The summed E-state index contributed by atoms with van der Waals surface area (Å²) in [6.07, 6.45) is 0.430. The molecular weight excluding hydrogens is 339 g/mol. The first-order valence-corrected chi connectivity index (χ1v) is 7.39. The molecule has 0 spiro atoms. The number of carboxylic acids is 1. The van der Waals surface area contributed by atoms with E-state index in [9.17, 15) is 9.59 Å². The van der Waals surface area contributed by atoms with E-state index in [4.69, 9.17) is 39.9 Å². The molecule has 0 saturated carbocycles.